The van der Waals surface area contributed by atoms with Crippen LogP contribution in [0.3, 0.4) is 0 Å². The van der Waals surface area contributed by atoms with Crippen molar-refractivity contribution in [3.05, 3.63) is 47.4 Å². The first-order valence-electron chi connectivity index (χ1n) is 9.72. The fourth-order valence-corrected chi connectivity index (χ4v) is 3.91. The minimum absolute atomic E-state index is 0.0500. The largest absolute Gasteiger partial charge is 0.481 e. The Kier molecular flexibility index (Phi) is 4.97. The number of anilines is 1. The van der Waals surface area contributed by atoms with Gasteiger partial charge in [-0.25, -0.2) is 9.97 Å². The number of benzene rings is 1. The highest BCUT2D eigenvalue weighted by atomic mass is 16.5. The number of carbonyl (C=O) groups is 1. The fourth-order valence-electron chi connectivity index (χ4n) is 3.91. The summed E-state index contributed by atoms with van der Waals surface area (Å²) in [5, 5.41) is 0. The zero-order chi connectivity index (χ0) is 18.8. The number of rotatable bonds is 4. The summed E-state index contributed by atoms with van der Waals surface area (Å²) in [4.78, 5) is 25.5. The third-order valence-electron chi connectivity index (χ3n) is 5.41. The van der Waals surface area contributed by atoms with Crippen molar-refractivity contribution in [1.82, 2.24) is 14.9 Å². The van der Waals surface area contributed by atoms with Crippen LogP contribution in [0.25, 0.3) is 0 Å². The molecule has 1 fully saturated rings. The second-order valence-electron chi connectivity index (χ2n) is 7.32. The predicted molar refractivity (Wildman–Crippen MR) is 104 cm³/mol. The van der Waals surface area contributed by atoms with E-state index >= 15 is 0 Å². The molecule has 0 spiro atoms. The molecule has 4 rings (SSSR count). The van der Waals surface area contributed by atoms with Crippen LogP contribution in [0, 0.1) is 6.92 Å². The summed E-state index contributed by atoms with van der Waals surface area (Å²) >= 11 is 0. The minimum Gasteiger partial charge on any atom is -0.481 e. The summed E-state index contributed by atoms with van der Waals surface area (Å²) < 4.78 is 5.96. The van der Waals surface area contributed by atoms with Crippen LogP contribution in [0.2, 0.25) is 0 Å². The van der Waals surface area contributed by atoms with Crippen LogP contribution in [0.15, 0.2) is 30.5 Å². The molecule has 6 nitrogen and oxygen atoms in total. The molecule has 6 heteroatoms. The van der Waals surface area contributed by atoms with Gasteiger partial charge in [0.05, 0.1) is 0 Å². The molecule has 0 radical (unpaired) electrons. The van der Waals surface area contributed by atoms with Crippen LogP contribution >= 0.6 is 0 Å². The maximum absolute atomic E-state index is 12.8. The summed E-state index contributed by atoms with van der Waals surface area (Å²) in [6, 6.07) is 8.15. The number of ether oxygens (including phenoxy) is 1. The predicted octanol–water partition coefficient (Wildman–Crippen LogP) is 2.39. The van der Waals surface area contributed by atoms with Crippen molar-refractivity contribution in [2.45, 2.75) is 39.2 Å². The van der Waals surface area contributed by atoms with E-state index in [-0.39, 0.29) is 5.91 Å². The molecule has 2 heterocycles. The monoisotopic (exact) mass is 366 g/mol. The minimum atomic E-state index is -0.475. The molecule has 1 aliphatic carbocycles. The first-order valence-corrected chi connectivity index (χ1v) is 9.72. The first-order chi connectivity index (χ1) is 13.1. The average molecular weight is 366 g/mol. The summed E-state index contributed by atoms with van der Waals surface area (Å²) in [5.41, 5.74) is 2.78. The summed E-state index contributed by atoms with van der Waals surface area (Å²) in [7, 11) is 0. The van der Waals surface area contributed by atoms with Gasteiger partial charge >= 0.3 is 0 Å². The van der Waals surface area contributed by atoms with Gasteiger partial charge in [-0.2, -0.15) is 0 Å². The maximum Gasteiger partial charge on any atom is 0.263 e. The molecule has 1 aliphatic heterocycles. The van der Waals surface area contributed by atoms with Crippen LogP contribution in [0.5, 0.6) is 5.75 Å². The molecule has 0 saturated carbocycles. The highest BCUT2D eigenvalue weighted by Gasteiger charge is 2.27. The molecule has 2 aromatic rings. The third kappa shape index (κ3) is 3.89. The smallest absolute Gasteiger partial charge is 0.263 e. The average Bonchev–Trinajstić information content (AvgIpc) is 3.15. The molecule has 27 heavy (non-hydrogen) atoms. The Morgan fingerprint density at radius 3 is 2.67 bits per heavy atom. The SMILES string of the molecule is Cc1nccc(N2CCN(C(=O)C(C)Oc3ccc4c(c3)CCC4)CC2)n1. The van der Waals surface area contributed by atoms with Gasteiger partial charge < -0.3 is 14.5 Å². The molecular formula is C21H26N4O2. The Balaban J connectivity index is 1.33. The van der Waals surface area contributed by atoms with Crippen molar-refractivity contribution in [3.8, 4) is 5.75 Å². The van der Waals surface area contributed by atoms with Gasteiger partial charge in [0.2, 0.25) is 0 Å². The Labute approximate surface area is 160 Å². The summed E-state index contributed by atoms with van der Waals surface area (Å²) in [6.07, 6.45) is 4.78. The standard InChI is InChI=1S/C21H26N4O2/c1-15(27-19-7-6-17-4-3-5-18(17)14-19)21(26)25-12-10-24(11-13-25)20-8-9-22-16(2)23-20/h6-9,14-15H,3-5,10-13H2,1-2H3. The first kappa shape index (κ1) is 17.8. The van der Waals surface area contributed by atoms with E-state index in [9.17, 15) is 4.79 Å². The molecule has 1 unspecified atom stereocenters. The van der Waals surface area contributed by atoms with Gasteiger partial charge in [-0.1, -0.05) is 6.07 Å². The van der Waals surface area contributed by atoms with Crippen LogP contribution in [-0.2, 0) is 17.6 Å². The lowest BCUT2D eigenvalue weighted by molar-refractivity contribution is -0.138. The van der Waals surface area contributed by atoms with Crippen LogP contribution in [0.1, 0.15) is 30.3 Å². The Bertz CT molecular complexity index is 831. The molecular weight excluding hydrogens is 340 g/mol. The van der Waals surface area contributed by atoms with Gasteiger partial charge in [0, 0.05) is 32.4 Å². The zero-order valence-electron chi connectivity index (χ0n) is 16.0. The highest BCUT2D eigenvalue weighted by Crippen LogP contribution is 2.26. The number of fused-ring (bicyclic) bond motifs is 1. The number of nitrogens with zero attached hydrogens (tertiary/aromatic N) is 4. The van der Waals surface area contributed by atoms with Gasteiger partial charge in [-0.05, 0) is 62.4 Å². The molecule has 0 bridgehead atoms. The molecule has 0 N–H and O–H groups in total. The molecule has 1 atom stereocenters. The van der Waals surface area contributed by atoms with E-state index < -0.39 is 6.10 Å². The van der Waals surface area contributed by atoms with Crippen molar-refractivity contribution >= 4 is 11.7 Å². The van der Waals surface area contributed by atoms with Crippen molar-refractivity contribution in [3.63, 3.8) is 0 Å². The fraction of sp³-hybridized carbons (Fsp3) is 0.476. The molecule has 2 aliphatic rings. The van der Waals surface area contributed by atoms with E-state index in [1.54, 1.807) is 6.20 Å². The second-order valence-corrected chi connectivity index (χ2v) is 7.32. The van der Waals surface area contributed by atoms with E-state index in [4.69, 9.17) is 4.74 Å². The number of piperazine rings is 1. The maximum atomic E-state index is 12.8. The Morgan fingerprint density at radius 2 is 1.89 bits per heavy atom. The number of aromatic nitrogens is 2. The normalized spacial score (nSPS) is 17.6. The summed E-state index contributed by atoms with van der Waals surface area (Å²) in [6.45, 7) is 6.64. The van der Waals surface area contributed by atoms with Crippen molar-refractivity contribution in [2.75, 3.05) is 31.1 Å². The van der Waals surface area contributed by atoms with Gasteiger partial charge in [-0.3, -0.25) is 4.79 Å². The lowest BCUT2D eigenvalue weighted by atomic mass is 10.1. The van der Waals surface area contributed by atoms with E-state index in [0.29, 0.717) is 13.1 Å². The van der Waals surface area contributed by atoms with E-state index in [0.717, 1.165) is 43.3 Å². The topological polar surface area (TPSA) is 58.6 Å². The highest BCUT2D eigenvalue weighted by molar-refractivity contribution is 5.81. The molecule has 1 saturated heterocycles. The number of hydrogen-bond acceptors (Lipinski definition) is 5. The number of aryl methyl sites for hydroxylation is 3. The van der Waals surface area contributed by atoms with E-state index in [1.165, 1.54) is 17.5 Å². The molecule has 142 valence electrons. The van der Waals surface area contributed by atoms with Gasteiger partial charge in [0.25, 0.3) is 5.91 Å². The zero-order valence-corrected chi connectivity index (χ0v) is 16.0. The van der Waals surface area contributed by atoms with Crippen LogP contribution < -0.4 is 9.64 Å². The Morgan fingerprint density at radius 1 is 1.11 bits per heavy atom. The Hall–Kier alpha value is -2.63. The van der Waals surface area contributed by atoms with Crippen LogP contribution in [-0.4, -0.2) is 53.1 Å². The van der Waals surface area contributed by atoms with E-state index in [2.05, 4.69) is 27.0 Å². The quantitative estimate of drug-likeness (QED) is 0.832. The lowest BCUT2D eigenvalue weighted by Crippen LogP contribution is -2.52. The number of carbonyl (C=O) groups excluding carboxylic acids is 1. The second kappa shape index (κ2) is 7.55. The lowest BCUT2D eigenvalue weighted by Gasteiger charge is -2.36. The molecule has 1 aromatic carbocycles. The van der Waals surface area contributed by atoms with E-state index in [1.807, 2.05) is 30.9 Å². The van der Waals surface area contributed by atoms with Gasteiger partial charge in [0.1, 0.15) is 17.4 Å². The number of amides is 1. The van der Waals surface area contributed by atoms with Crippen molar-refractivity contribution in [1.29, 1.82) is 0 Å². The van der Waals surface area contributed by atoms with Crippen molar-refractivity contribution in [2.24, 2.45) is 0 Å². The van der Waals surface area contributed by atoms with Crippen molar-refractivity contribution < 1.29 is 9.53 Å². The van der Waals surface area contributed by atoms with Crippen LogP contribution in [0.4, 0.5) is 5.82 Å². The molecule has 1 aromatic heterocycles. The van der Waals surface area contributed by atoms with Gasteiger partial charge in [0.15, 0.2) is 6.10 Å². The van der Waals surface area contributed by atoms with Gasteiger partial charge in [-0.15, -0.1) is 0 Å². The molecule has 1 amide bonds. The third-order valence-corrected chi connectivity index (χ3v) is 5.41. The number of hydrogen-bond donors (Lipinski definition) is 0. The summed E-state index contributed by atoms with van der Waals surface area (Å²) in [5.74, 6) is 2.54.